The van der Waals surface area contributed by atoms with Crippen LogP contribution in [0.2, 0.25) is 0 Å². The number of aryl methyl sites for hydroxylation is 4. The standard InChI is InChI=1S/C25H32N4O2/c1-16-21(17(2)26-25-23(16)18(3)27-28(25)4)10-11-22(30)29-14-12-20(13-15-29)24(31)19-8-6-5-7-9-19/h5-9,20,24,31H,10-15H2,1-4H3/t24-/m1/s1. The van der Waals surface area contributed by atoms with E-state index in [1.54, 1.807) is 0 Å². The third-order valence-corrected chi connectivity index (χ3v) is 6.80. The van der Waals surface area contributed by atoms with E-state index in [9.17, 15) is 9.90 Å². The molecule has 6 nitrogen and oxygen atoms in total. The summed E-state index contributed by atoms with van der Waals surface area (Å²) in [4.78, 5) is 19.6. The predicted octanol–water partition coefficient (Wildman–Crippen LogP) is 3.80. The highest BCUT2D eigenvalue weighted by molar-refractivity contribution is 5.84. The van der Waals surface area contributed by atoms with Gasteiger partial charge < -0.3 is 10.0 Å². The van der Waals surface area contributed by atoms with Crippen molar-refractivity contribution in [3.63, 3.8) is 0 Å². The number of aliphatic hydroxyl groups is 1. The minimum absolute atomic E-state index is 0.189. The fraction of sp³-hybridized carbons (Fsp3) is 0.480. The summed E-state index contributed by atoms with van der Waals surface area (Å²) in [5, 5.41) is 16.3. The third-order valence-electron chi connectivity index (χ3n) is 6.80. The van der Waals surface area contributed by atoms with E-state index in [0.29, 0.717) is 25.9 Å². The summed E-state index contributed by atoms with van der Waals surface area (Å²) in [6.45, 7) is 7.57. The van der Waals surface area contributed by atoms with Gasteiger partial charge in [0.15, 0.2) is 5.65 Å². The first kappa shape index (κ1) is 21.5. The number of amides is 1. The zero-order valence-electron chi connectivity index (χ0n) is 18.9. The van der Waals surface area contributed by atoms with Gasteiger partial charge in [0.05, 0.1) is 11.8 Å². The highest BCUT2D eigenvalue weighted by Gasteiger charge is 2.28. The van der Waals surface area contributed by atoms with Crippen LogP contribution in [0.4, 0.5) is 0 Å². The van der Waals surface area contributed by atoms with Gasteiger partial charge in [-0.2, -0.15) is 5.10 Å². The third kappa shape index (κ3) is 4.22. The van der Waals surface area contributed by atoms with Gasteiger partial charge >= 0.3 is 0 Å². The number of likely N-dealkylation sites (tertiary alicyclic amines) is 1. The molecule has 0 saturated carbocycles. The average molecular weight is 421 g/mol. The van der Waals surface area contributed by atoms with E-state index in [-0.39, 0.29) is 11.8 Å². The second kappa shape index (κ2) is 8.79. The molecule has 1 N–H and O–H groups in total. The summed E-state index contributed by atoms with van der Waals surface area (Å²) in [5.41, 5.74) is 6.17. The minimum Gasteiger partial charge on any atom is -0.388 e. The van der Waals surface area contributed by atoms with Crippen molar-refractivity contribution in [3.05, 3.63) is 58.4 Å². The van der Waals surface area contributed by atoms with Crippen LogP contribution in [-0.2, 0) is 18.3 Å². The molecule has 0 bridgehead atoms. The first-order chi connectivity index (χ1) is 14.9. The smallest absolute Gasteiger partial charge is 0.222 e. The summed E-state index contributed by atoms with van der Waals surface area (Å²) in [7, 11) is 1.92. The Morgan fingerprint density at radius 2 is 1.81 bits per heavy atom. The molecule has 0 unspecified atom stereocenters. The first-order valence-corrected chi connectivity index (χ1v) is 11.2. The maximum Gasteiger partial charge on any atom is 0.222 e. The Hall–Kier alpha value is -2.73. The number of hydrogen-bond acceptors (Lipinski definition) is 4. The fourth-order valence-corrected chi connectivity index (χ4v) is 5.01. The Bertz CT molecular complexity index is 1080. The van der Waals surface area contributed by atoms with Gasteiger partial charge in [0.25, 0.3) is 0 Å². The molecule has 31 heavy (non-hydrogen) atoms. The van der Waals surface area contributed by atoms with Gasteiger partial charge in [0, 0.05) is 37.6 Å². The number of carbonyl (C=O) groups excluding carboxylic acids is 1. The van der Waals surface area contributed by atoms with E-state index in [1.165, 1.54) is 5.56 Å². The molecule has 4 rings (SSSR count). The molecule has 2 aromatic heterocycles. The number of hydrogen-bond donors (Lipinski definition) is 1. The van der Waals surface area contributed by atoms with Crippen molar-refractivity contribution in [2.45, 2.75) is 52.6 Å². The van der Waals surface area contributed by atoms with Crippen molar-refractivity contribution in [3.8, 4) is 0 Å². The van der Waals surface area contributed by atoms with E-state index >= 15 is 0 Å². The summed E-state index contributed by atoms with van der Waals surface area (Å²) >= 11 is 0. The van der Waals surface area contributed by atoms with Gasteiger partial charge in [-0.25, -0.2) is 4.98 Å². The van der Waals surface area contributed by atoms with Crippen LogP contribution in [0.15, 0.2) is 30.3 Å². The summed E-state index contributed by atoms with van der Waals surface area (Å²) in [6.07, 6.45) is 2.40. The van der Waals surface area contributed by atoms with Crippen molar-refractivity contribution in [1.29, 1.82) is 0 Å². The van der Waals surface area contributed by atoms with Gasteiger partial charge in [-0.1, -0.05) is 30.3 Å². The van der Waals surface area contributed by atoms with E-state index in [2.05, 4.69) is 12.0 Å². The van der Waals surface area contributed by atoms with Gasteiger partial charge in [-0.15, -0.1) is 0 Å². The molecule has 3 aromatic rings. The van der Waals surface area contributed by atoms with Crippen molar-refractivity contribution in [2.75, 3.05) is 13.1 Å². The highest BCUT2D eigenvalue weighted by atomic mass is 16.3. The number of piperidine rings is 1. The first-order valence-electron chi connectivity index (χ1n) is 11.2. The van der Waals surface area contributed by atoms with Crippen LogP contribution in [0.25, 0.3) is 11.0 Å². The van der Waals surface area contributed by atoms with Crippen molar-refractivity contribution in [1.82, 2.24) is 19.7 Å². The molecule has 0 aliphatic carbocycles. The normalized spacial score (nSPS) is 16.1. The molecule has 1 fully saturated rings. The van der Waals surface area contributed by atoms with Crippen LogP contribution in [0.1, 0.15) is 53.4 Å². The average Bonchev–Trinajstić information content (AvgIpc) is 3.06. The molecule has 164 valence electrons. The lowest BCUT2D eigenvalue weighted by Crippen LogP contribution is -2.39. The van der Waals surface area contributed by atoms with Crippen molar-refractivity contribution >= 4 is 16.9 Å². The molecule has 1 aliphatic rings. The van der Waals surface area contributed by atoms with E-state index in [4.69, 9.17) is 4.98 Å². The van der Waals surface area contributed by atoms with Gasteiger partial charge in [-0.05, 0) is 62.6 Å². The van der Waals surface area contributed by atoms with Crippen LogP contribution < -0.4 is 0 Å². The zero-order chi connectivity index (χ0) is 22.1. The molecule has 3 heterocycles. The lowest BCUT2D eigenvalue weighted by Gasteiger charge is -2.34. The summed E-state index contributed by atoms with van der Waals surface area (Å²) in [5.74, 6) is 0.394. The molecule has 1 saturated heterocycles. The quantitative estimate of drug-likeness (QED) is 0.682. The number of nitrogens with zero attached hydrogens (tertiary/aromatic N) is 4. The highest BCUT2D eigenvalue weighted by Crippen LogP contribution is 2.31. The number of carbonyl (C=O) groups is 1. The SMILES string of the molecule is Cc1nc2c(c(C)nn2C)c(C)c1CCC(=O)N1CCC([C@H](O)c2ccccc2)CC1. The minimum atomic E-state index is -0.454. The van der Waals surface area contributed by atoms with Crippen molar-refractivity contribution < 1.29 is 9.90 Å². The molecule has 1 aliphatic heterocycles. The van der Waals surface area contributed by atoms with Crippen LogP contribution in [0.5, 0.6) is 0 Å². The molecule has 6 heteroatoms. The maximum atomic E-state index is 12.9. The Labute approximate surface area is 183 Å². The lowest BCUT2D eigenvalue weighted by molar-refractivity contribution is -0.133. The van der Waals surface area contributed by atoms with Gasteiger partial charge in [-0.3, -0.25) is 9.48 Å². The summed E-state index contributed by atoms with van der Waals surface area (Å²) in [6, 6.07) is 9.83. The molecular formula is C25H32N4O2. The van der Waals surface area contributed by atoms with Crippen LogP contribution in [0.3, 0.4) is 0 Å². The monoisotopic (exact) mass is 420 g/mol. The molecule has 1 aromatic carbocycles. The van der Waals surface area contributed by atoms with Crippen molar-refractivity contribution in [2.24, 2.45) is 13.0 Å². The summed E-state index contributed by atoms with van der Waals surface area (Å²) < 4.78 is 1.83. The van der Waals surface area contributed by atoms with Gasteiger partial charge in [0.1, 0.15) is 0 Å². The van der Waals surface area contributed by atoms with Crippen LogP contribution in [-0.4, -0.2) is 43.8 Å². The topological polar surface area (TPSA) is 71.2 Å². The van der Waals surface area contributed by atoms with E-state index in [0.717, 1.165) is 46.4 Å². The molecule has 0 radical (unpaired) electrons. The van der Waals surface area contributed by atoms with E-state index in [1.807, 2.05) is 60.8 Å². The number of pyridine rings is 1. The fourth-order valence-electron chi connectivity index (χ4n) is 5.01. The Balaban J connectivity index is 1.37. The zero-order valence-corrected chi connectivity index (χ0v) is 18.9. The van der Waals surface area contributed by atoms with Gasteiger partial charge in [0.2, 0.25) is 5.91 Å². The maximum absolute atomic E-state index is 12.9. The number of aromatic nitrogens is 3. The Morgan fingerprint density at radius 3 is 2.48 bits per heavy atom. The lowest BCUT2D eigenvalue weighted by atomic mass is 9.87. The number of fused-ring (bicyclic) bond motifs is 1. The molecule has 1 atom stereocenters. The van der Waals surface area contributed by atoms with E-state index < -0.39 is 6.10 Å². The Morgan fingerprint density at radius 1 is 1.13 bits per heavy atom. The molecular weight excluding hydrogens is 388 g/mol. The molecule has 1 amide bonds. The Kier molecular flexibility index (Phi) is 6.10. The predicted molar refractivity (Wildman–Crippen MR) is 122 cm³/mol. The van der Waals surface area contributed by atoms with Crippen LogP contribution in [0, 0.1) is 26.7 Å². The largest absolute Gasteiger partial charge is 0.388 e. The molecule has 0 spiro atoms. The number of benzene rings is 1. The second-order valence-corrected chi connectivity index (χ2v) is 8.78. The number of aliphatic hydroxyl groups excluding tert-OH is 1. The number of rotatable bonds is 5. The van der Waals surface area contributed by atoms with Crippen LogP contribution >= 0.6 is 0 Å². The second-order valence-electron chi connectivity index (χ2n) is 8.78.